The summed E-state index contributed by atoms with van der Waals surface area (Å²) in [7, 11) is -3.57. The summed E-state index contributed by atoms with van der Waals surface area (Å²) in [6.45, 7) is 2.46. The number of carbonyl (C=O) groups is 2. The second-order valence-corrected chi connectivity index (χ2v) is 10.7. The average Bonchev–Trinajstić information content (AvgIpc) is 3.17. The van der Waals surface area contributed by atoms with Crippen LogP contribution >= 0.6 is 11.3 Å². The standard InChI is InChI=1S/C22H24N4O4S2/c1-14(27)23-16-7-8-18(25-32(2,29)30)17(13-16)22(28)26-11-9-15(10-12-26)21-24-19-5-3-4-6-20(19)31-21/h3-8,13,15,25H,9-12H2,1-2H3,(H,23,27). The van der Waals surface area contributed by atoms with Crippen LogP contribution in [0.15, 0.2) is 42.5 Å². The van der Waals surface area contributed by atoms with Crippen molar-refractivity contribution in [3.8, 4) is 0 Å². The van der Waals surface area contributed by atoms with Crippen LogP contribution in [0.25, 0.3) is 10.2 Å². The van der Waals surface area contributed by atoms with Crippen molar-refractivity contribution in [3.63, 3.8) is 0 Å². The van der Waals surface area contributed by atoms with Crippen LogP contribution in [0.4, 0.5) is 11.4 Å². The third-order valence-electron chi connectivity index (χ3n) is 5.31. The number of hydrogen-bond acceptors (Lipinski definition) is 6. The van der Waals surface area contributed by atoms with E-state index in [2.05, 4.69) is 16.1 Å². The number of piperidine rings is 1. The van der Waals surface area contributed by atoms with E-state index in [0.717, 1.165) is 34.3 Å². The number of para-hydroxylation sites is 1. The van der Waals surface area contributed by atoms with E-state index in [1.165, 1.54) is 19.1 Å². The normalized spacial score (nSPS) is 15.0. The summed E-state index contributed by atoms with van der Waals surface area (Å²) >= 11 is 1.69. The van der Waals surface area contributed by atoms with Crippen molar-refractivity contribution in [1.82, 2.24) is 9.88 Å². The first kappa shape index (κ1) is 22.2. The van der Waals surface area contributed by atoms with Gasteiger partial charge >= 0.3 is 0 Å². The maximum Gasteiger partial charge on any atom is 0.256 e. The van der Waals surface area contributed by atoms with Crippen LogP contribution in [0, 0.1) is 0 Å². The summed E-state index contributed by atoms with van der Waals surface area (Å²) in [5, 5.41) is 3.73. The first-order valence-electron chi connectivity index (χ1n) is 10.2. The molecular formula is C22H24N4O4S2. The smallest absolute Gasteiger partial charge is 0.256 e. The number of amides is 2. The fraction of sp³-hybridized carbons (Fsp3) is 0.318. The number of benzene rings is 2. The second-order valence-electron chi connectivity index (χ2n) is 7.90. The van der Waals surface area contributed by atoms with E-state index in [0.29, 0.717) is 18.8 Å². The fourth-order valence-corrected chi connectivity index (χ4v) is 5.57. The monoisotopic (exact) mass is 472 g/mol. The minimum absolute atomic E-state index is 0.194. The summed E-state index contributed by atoms with van der Waals surface area (Å²) < 4.78 is 27.1. The summed E-state index contributed by atoms with van der Waals surface area (Å²) in [4.78, 5) is 31.2. The molecule has 32 heavy (non-hydrogen) atoms. The number of sulfonamides is 1. The van der Waals surface area contributed by atoms with Gasteiger partial charge in [-0.1, -0.05) is 12.1 Å². The number of fused-ring (bicyclic) bond motifs is 1. The zero-order valence-electron chi connectivity index (χ0n) is 17.8. The lowest BCUT2D eigenvalue weighted by Gasteiger charge is -2.31. The predicted molar refractivity (Wildman–Crippen MR) is 127 cm³/mol. The van der Waals surface area contributed by atoms with Gasteiger partial charge in [0.25, 0.3) is 5.91 Å². The van der Waals surface area contributed by atoms with Gasteiger partial charge in [-0.05, 0) is 43.2 Å². The Labute approximate surface area is 190 Å². The van der Waals surface area contributed by atoms with Crippen molar-refractivity contribution in [1.29, 1.82) is 0 Å². The molecule has 1 aliphatic heterocycles. The first-order chi connectivity index (χ1) is 15.2. The summed E-state index contributed by atoms with van der Waals surface area (Å²) in [6.07, 6.45) is 2.60. The lowest BCUT2D eigenvalue weighted by atomic mass is 9.96. The Morgan fingerprint density at radius 3 is 2.50 bits per heavy atom. The van der Waals surface area contributed by atoms with Gasteiger partial charge in [-0.15, -0.1) is 11.3 Å². The number of thiazole rings is 1. The highest BCUT2D eigenvalue weighted by atomic mass is 32.2. The fourth-order valence-electron chi connectivity index (χ4n) is 3.86. The predicted octanol–water partition coefficient (Wildman–Crippen LogP) is 3.65. The molecule has 0 saturated carbocycles. The van der Waals surface area contributed by atoms with Gasteiger partial charge in [-0.2, -0.15) is 0 Å². The van der Waals surface area contributed by atoms with E-state index in [1.54, 1.807) is 22.3 Å². The summed E-state index contributed by atoms with van der Waals surface area (Å²) in [6, 6.07) is 12.6. The number of carbonyl (C=O) groups excluding carboxylic acids is 2. The number of aromatic nitrogens is 1. The number of rotatable bonds is 5. The van der Waals surface area contributed by atoms with E-state index in [4.69, 9.17) is 4.98 Å². The van der Waals surface area contributed by atoms with Crippen LogP contribution in [0.2, 0.25) is 0 Å². The molecule has 2 heterocycles. The molecule has 4 rings (SSSR count). The highest BCUT2D eigenvalue weighted by Gasteiger charge is 2.28. The number of anilines is 2. The van der Waals surface area contributed by atoms with Crippen LogP contribution in [0.3, 0.4) is 0 Å². The van der Waals surface area contributed by atoms with Gasteiger partial charge in [-0.25, -0.2) is 13.4 Å². The average molecular weight is 473 g/mol. The molecule has 2 aromatic carbocycles. The quantitative estimate of drug-likeness (QED) is 0.589. The molecule has 168 valence electrons. The van der Waals surface area contributed by atoms with Gasteiger partial charge in [0.2, 0.25) is 15.9 Å². The molecule has 0 radical (unpaired) electrons. The van der Waals surface area contributed by atoms with E-state index < -0.39 is 10.0 Å². The maximum atomic E-state index is 13.3. The Morgan fingerprint density at radius 1 is 1.12 bits per heavy atom. The molecule has 1 fully saturated rings. The minimum Gasteiger partial charge on any atom is -0.339 e. The molecule has 8 nitrogen and oxygen atoms in total. The van der Waals surface area contributed by atoms with Crippen LogP contribution < -0.4 is 10.0 Å². The van der Waals surface area contributed by atoms with E-state index in [-0.39, 0.29) is 29.0 Å². The SMILES string of the molecule is CC(=O)Nc1ccc(NS(C)(=O)=O)c(C(=O)N2CCC(c3nc4ccccc4s3)CC2)c1. The zero-order valence-corrected chi connectivity index (χ0v) is 19.4. The Balaban J connectivity index is 1.53. The number of likely N-dealkylation sites (tertiary alicyclic amines) is 1. The summed E-state index contributed by atoms with van der Waals surface area (Å²) in [5.74, 6) is -0.259. The number of nitrogens with one attached hydrogen (secondary N) is 2. The van der Waals surface area contributed by atoms with Gasteiger partial charge in [0.15, 0.2) is 0 Å². The van der Waals surface area contributed by atoms with Crippen molar-refractivity contribution >= 4 is 54.8 Å². The molecule has 1 saturated heterocycles. The third-order valence-corrected chi connectivity index (χ3v) is 7.10. The Kier molecular flexibility index (Phi) is 6.16. The molecule has 3 aromatic rings. The van der Waals surface area contributed by atoms with Gasteiger partial charge in [0, 0.05) is 31.6 Å². The van der Waals surface area contributed by atoms with Gasteiger partial charge in [0.05, 0.1) is 32.7 Å². The topological polar surface area (TPSA) is 108 Å². The van der Waals surface area contributed by atoms with Crippen molar-refractivity contribution in [3.05, 3.63) is 53.0 Å². The maximum absolute atomic E-state index is 13.3. The van der Waals surface area contributed by atoms with Crippen molar-refractivity contribution in [2.75, 3.05) is 29.4 Å². The highest BCUT2D eigenvalue weighted by Crippen LogP contribution is 2.34. The van der Waals surface area contributed by atoms with Gasteiger partial charge in [0.1, 0.15) is 0 Å². The summed E-state index contributed by atoms with van der Waals surface area (Å²) in [5.41, 5.74) is 1.83. The van der Waals surface area contributed by atoms with Gasteiger partial charge in [-0.3, -0.25) is 14.3 Å². The van der Waals surface area contributed by atoms with Crippen LogP contribution in [0.5, 0.6) is 0 Å². The van der Waals surface area contributed by atoms with E-state index in [1.807, 2.05) is 18.2 Å². The van der Waals surface area contributed by atoms with Gasteiger partial charge < -0.3 is 10.2 Å². The largest absolute Gasteiger partial charge is 0.339 e. The van der Waals surface area contributed by atoms with Crippen LogP contribution in [-0.4, -0.2) is 49.5 Å². The van der Waals surface area contributed by atoms with E-state index >= 15 is 0 Å². The number of hydrogen-bond donors (Lipinski definition) is 2. The molecule has 2 amide bonds. The second kappa shape index (κ2) is 8.87. The van der Waals surface area contributed by atoms with Crippen LogP contribution in [0.1, 0.15) is 41.0 Å². The minimum atomic E-state index is -3.57. The molecule has 0 atom stereocenters. The Morgan fingerprint density at radius 2 is 1.84 bits per heavy atom. The molecule has 1 aromatic heterocycles. The zero-order chi connectivity index (χ0) is 22.9. The van der Waals surface area contributed by atoms with Crippen molar-refractivity contribution in [2.24, 2.45) is 0 Å². The molecule has 2 N–H and O–H groups in total. The van der Waals surface area contributed by atoms with Crippen molar-refractivity contribution < 1.29 is 18.0 Å². The molecule has 0 aliphatic carbocycles. The molecular weight excluding hydrogens is 448 g/mol. The first-order valence-corrected chi connectivity index (χ1v) is 12.9. The molecule has 10 heteroatoms. The van der Waals surface area contributed by atoms with Crippen molar-refractivity contribution in [2.45, 2.75) is 25.7 Å². The lowest BCUT2D eigenvalue weighted by molar-refractivity contribution is -0.114. The molecule has 0 unspecified atom stereocenters. The van der Waals surface area contributed by atoms with E-state index in [9.17, 15) is 18.0 Å². The third kappa shape index (κ3) is 5.08. The molecule has 0 bridgehead atoms. The Bertz CT molecular complexity index is 1250. The Hall–Kier alpha value is -2.98. The molecule has 0 spiro atoms. The lowest BCUT2D eigenvalue weighted by Crippen LogP contribution is -2.38. The molecule has 1 aliphatic rings. The van der Waals surface area contributed by atoms with Crippen LogP contribution in [-0.2, 0) is 14.8 Å². The number of nitrogens with zero attached hydrogens (tertiary/aromatic N) is 2. The highest BCUT2D eigenvalue weighted by molar-refractivity contribution is 7.92.